The second-order valence-corrected chi connectivity index (χ2v) is 5.87. The molecular weight excluding hydrogens is 341 g/mol. The number of nitrogens with zero attached hydrogens (tertiary/aromatic N) is 1. The van der Waals surface area contributed by atoms with Crippen LogP contribution in [0, 0.1) is 17.1 Å². The van der Waals surface area contributed by atoms with E-state index in [1.807, 2.05) is 6.07 Å². The highest BCUT2D eigenvalue weighted by molar-refractivity contribution is 9.10. The van der Waals surface area contributed by atoms with Gasteiger partial charge in [0.1, 0.15) is 11.9 Å². The van der Waals surface area contributed by atoms with Crippen LogP contribution in [-0.4, -0.2) is 23.3 Å². The molecule has 0 bridgehead atoms. The van der Waals surface area contributed by atoms with Gasteiger partial charge in [0.25, 0.3) is 0 Å². The van der Waals surface area contributed by atoms with Gasteiger partial charge >= 0.3 is 6.09 Å². The smallest absolute Gasteiger partial charge is 0.404 e. The van der Waals surface area contributed by atoms with Crippen LogP contribution in [0.15, 0.2) is 16.6 Å². The second-order valence-electron chi connectivity index (χ2n) is 5.01. The van der Waals surface area contributed by atoms with Gasteiger partial charge in [0.15, 0.2) is 0 Å². The first-order valence-corrected chi connectivity index (χ1v) is 7.45. The molecule has 1 aliphatic carbocycles. The van der Waals surface area contributed by atoms with Crippen molar-refractivity contribution in [2.24, 2.45) is 0 Å². The van der Waals surface area contributed by atoms with Gasteiger partial charge in [0, 0.05) is 10.5 Å². The Labute approximate surface area is 130 Å². The summed E-state index contributed by atoms with van der Waals surface area (Å²) in [5.74, 6) is -0.519. The largest absolute Gasteiger partial charge is 0.465 e. The summed E-state index contributed by atoms with van der Waals surface area (Å²) in [6.07, 6.45) is 2.33. The van der Waals surface area contributed by atoms with E-state index in [1.165, 1.54) is 6.07 Å². The first-order chi connectivity index (χ1) is 10.0. The summed E-state index contributed by atoms with van der Waals surface area (Å²) in [6.45, 7) is 0. The Balaban J connectivity index is 2.17. The second kappa shape index (κ2) is 6.76. The Morgan fingerprint density at radius 2 is 2.05 bits per heavy atom. The average molecular weight is 356 g/mol. The van der Waals surface area contributed by atoms with E-state index >= 15 is 0 Å². The number of amides is 1. The summed E-state index contributed by atoms with van der Waals surface area (Å²) in [4.78, 5) is 10.8. The van der Waals surface area contributed by atoms with Crippen molar-refractivity contribution < 1.29 is 14.3 Å². The Kier molecular flexibility index (Phi) is 5.02. The number of carboxylic acid groups (broad SMARTS) is 1. The lowest BCUT2D eigenvalue weighted by Crippen LogP contribution is -2.48. The summed E-state index contributed by atoms with van der Waals surface area (Å²) >= 11 is 3.22. The van der Waals surface area contributed by atoms with Crippen LogP contribution in [-0.2, 0) is 0 Å². The predicted octanol–water partition coefficient (Wildman–Crippen LogP) is 3.45. The molecule has 112 valence electrons. The maximum Gasteiger partial charge on any atom is 0.404 e. The maximum absolute atomic E-state index is 14.0. The fourth-order valence-corrected chi connectivity index (χ4v) is 3.01. The zero-order chi connectivity index (χ0) is 15.4. The Morgan fingerprint density at radius 3 is 2.67 bits per heavy atom. The SMILES string of the molecule is N#Cc1cc(F)c(N[C@@H]2CCCC[C@@H]2NC(=O)O)cc1Br. The van der Waals surface area contributed by atoms with Crippen molar-refractivity contribution in [3.05, 3.63) is 28.0 Å². The van der Waals surface area contributed by atoms with Gasteiger partial charge in [0.05, 0.1) is 17.3 Å². The monoisotopic (exact) mass is 355 g/mol. The topological polar surface area (TPSA) is 85.2 Å². The normalized spacial score (nSPS) is 21.4. The molecule has 1 fully saturated rings. The van der Waals surface area contributed by atoms with Crippen molar-refractivity contribution in [3.8, 4) is 6.07 Å². The molecule has 0 aliphatic heterocycles. The van der Waals surface area contributed by atoms with Crippen LogP contribution in [0.5, 0.6) is 0 Å². The molecule has 1 saturated carbocycles. The van der Waals surface area contributed by atoms with Gasteiger partial charge in [-0.2, -0.15) is 5.26 Å². The van der Waals surface area contributed by atoms with E-state index in [0.29, 0.717) is 4.47 Å². The van der Waals surface area contributed by atoms with Crippen LogP contribution in [0.3, 0.4) is 0 Å². The van der Waals surface area contributed by atoms with Crippen molar-refractivity contribution in [1.82, 2.24) is 5.32 Å². The van der Waals surface area contributed by atoms with Gasteiger partial charge in [-0.3, -0.25) is 0 Å². The molecule has 1 amide bonds. The number of nitrogens with one attached hydrogen (secondary N) is 2. The van der Waals surface area contributed by atoms with E-state index < -0.39 is 11.9 Å². The lowest BCUT2D eigenvalue weighted by molar-refractivity contribution is 0.184. The highest BCUT2D eigenvalue weighted by atomic mass is 79.9. The highest BCUT2D eigenvalue weighted by Crippen LogP contribution is 2.28. The quantitative estimate of drug-likeness (QED) is 0.774. The molecule has 0 aromatic heterocycles. The molecule has 2 atom stereocenters. The van der Waals surface area contributed by atoms with Gasteiger partial charge < -0.3 is 15.7 Å². The van der Waals surface area contributed by atoms with Crippen LogP contribution in [0.4, 0.5) is 14.9 Å². The zero-order valence-electron chi connectivity index (χ0n) is 11.2. The van der Waals surface area contributed by atoms with Crippen molar-refractivity contribution >= 4 is 27.7 Å². The third kappa shape index (κ3) is 3.85. The number of hydrogen-bond donors (Lipinski definition) is 3. The summed E-state index contributed by atoms with van der Waals surface area (Å²) in [7, 11) is 0. The maximum atomic E-state index is 14.0. The lowest BCUT2D eigenvalue weighted by Gasteiger charge is -2.32. The van der Waals surface area contributed by atoms with Crippen molar-refractivity contribution in [2.75, 3.05) is 5.32 Å². The van der Waals surface area contributed by atoms with Crippen LogP contribution < -0.4 is 10.6 Å². The molecule has 7 heteroatoms. The summed E-state index contributed by atoms with van der Waals surface area (Å²) in [5, 5.41) is 23.2. The van der Waals surface area contributed by atoms with Crippen LogP contribution in [0.1, 0.15) is 31.2 Å². The van der Waals surface area contributed by atoms with E-state index in [9.17, 15) is 9.18 Å². The standard InChI is InChI=1S/C14H15BrFN3O2/c15-9-6-13(10(16)5-8(9)7-17)18-11-3-1-2-4-12(11)19-14(20)21/h5-6,11-12,18-19H,1-4H2,(H,20,21)/t11-,12+/m1/s1. The Bertz CT molecular complexity index is 588. The third-order valence-corrected chi connectivity index (χ3v) is 4.25. The number of anilines is 1. The highest BCUT2D eigenvalue weighted by Gasteiger charge is 2.27. The van der Waals surface area contributed by atoms with E-state index in [4.69, 9.17) is 10.4 Å². The van der Waals surface area contributed by atoms with Gasteiger partial charge in [-0.1, -0.05) is 12.8 Å². The molecule has 1 aromatic carbocycles. The summed E-state index contributed by atoms with van der Waals surface area (Å²) in [6, 6.07) is 4.16. The average Bonchev–Trinajstić information content (AvgIpc) is 2.44. The minimum atomic E-state index is -1.07. The zero-order valence-corrected chi connectivity index (χ0v) is 12.8. The molecule has 3 N–H and O–H groups in total. The molecule has 0 spiro atoms. The van der Waals surface area contributed by atoms with Gasteiger partial charge in [-0.15, -0.1) is 0 Å². The number of nitriles is 1. The summed E-state index contributed by atoms with van der Waals surface area (Å²) < 4.78 is 14.5. The van der Waals surface area contributed by atoms with Crippen molar-refractivity contribution in [1.29, 1.82) is 5.26 Å². The molecule has 1 aromatic rings. The molecule has 1 aliphatic rings. The molecule has 0 unspecified atom stereocenters. The van der Waals surface area contributed by atoms with Crippen LogP contribution in [0.25, 0.3) is 0 Å². The van der Waals surface area contributed by atoms with Gasteiger partial charge in [-0.05, 0) is 40.9 Å². The van der Waals surface area contributed by atoms with E-state index in [1.54, 1.807) is 0 Å². The summed E-state index contributed by atoms with van der Waals surface area (Å²) in [5.41, 5.74) is 0.492. The van der Waals surface area contributed by atoms with Crippen molar-refractivity contribution in [2.45, 2.75) is 37.8 Å². The molecule has 0 heterocycles. The number of rotatable bonds is 3. The Morgan fingerprint density at radius 1 is 1.38 bits per heavy atom. The minimum absolute atomic E-state index is 0.163. The molecule has 0 radical (unpaired) electrons. The van der Waals surface area contributed by atoms with E-state index in [0.717, 1.165) is 31.7 Å². The lowest BCUT2D eigenvalue weighted by atomic mass is 9.90. The number of benzene rings is 1. The minimum Gasteiger partial charge on any atom is -0.465 e. The fraction of sp³-hybridized carbons (Fsp3) is 0.429. The number of halogens is 2. The van der Waals surface area contributed by atoms with Crippen LogP contribution in [0.2, 0.25) is 0 Å². The number of carbonyl (C=O) groups is 1. The van der Waals surface area contributed by atoms with Crippen molar-refractivity contribution in [3.63, 3.8) is 0 Å². The molecule has 0 saturated heterocycles. The molecular formula is C14H15BrFN3O2. The van der Waals surface area contributed by atoms with E-state index in [2.05, 4.69) is 26.6 Å². The molecule has 21 heavy (non-hydrogen) atoms. The molecule has 2 rings (SSSR count). The Hall–Kier alpha value is -1.81. The van der Waals surface area contributed by atoms with Gasteiger partial charge in [0.2, 0.25) is 0 Å². The predicted molar refractivity (Wildman–Crippen MR) is 79.6 cm³/mol. The van der Waals surface area contributed by atoms with Gasteiger partial charge in [-0.25, -0.2) is 9.18 Å². The fourth-order valence-electron chi connectivity index (χ4n) is 2.58. The number of hydrogen-bond acceptors (Lipinski definition) is 3. The molecule has 5 nitrogen and oxygen atoms in total. The van der Waals surface area contributed by atoms with E-state index in [-0.39, 0.29) is 23.3 Å². The first-order valence-electron chi connectivity index (χ1n) is 6.66. The van der Waals surface area contributed by atoms with Crippen LogP contribution >= 0.6 is 15.9 Å². The third-order valence-electron chi connectivity index (χ3n) is 3.59. The first kappa shape index (κ1) is 15.6.